The zero-order valence-corrected chi connectivity index (χ0v) is 11.7. The highest BCUT2D eigenvalue weighted by atomic mass is 32.2. The number of sulfone groups is 1. The molecule has 0 aliphatic carbocycles. The van der Waals surface area contributed by atoms with Crippen molar-refractivity contribution in [2.75, 3.05) is 25.1 Å². The van der Waals surface area contributed by atoms with Crippen LogP contribution < -0.4 is 21.7 Å². The van der Waals surface area contributed by atoms with Gasteiger partial charge in [-0.3, -0.25) is 0 Å². The van der Waals surface area contributed by atoms with Crippen molar-refractivity contribution in [3.8, 4) is 0 Å². The minimum Gasteiger partial charge on any atom is -0.480 e. The molecule has 0 aromatic rings. The third kappa shape index (κ3) is 9.94. The van der Waals surface area contributed by atoms with Crippen molar-refractivity contribution in [1.82, 2.24) is 16.0 Å². The molecule has 0 saturated heterocycles. The number of nitrogens with one attached hydrogen (secondary N) is 3. The third-order valence-electron chi connectivity index (χ3n) is 2.09. The van der Waals surface area contributed by atoms with Crippen molar-refractivity contribution < 1.29 is 27.9 Å². The van der Waals surface area contributed by atoms with Crippen molar-refractivity contribution >= 4 is 27.9 Å². The van der Waals surface area contributed by atoms with Gasteiger partial charge in [0, 0.05) is 19.3 Å². The van der Waals surface area contributed by atoms with Gasteiger partial charge in [0.25, 0.3) is 0 Å². The number of carbonyl (C=O) groups is 3. The van der Waals surface area contributed by atoms with Gasteiger partial charge >= 0.3 is 18.0 Å². The molecule has 0 saturated carbocycles. The molecule has 0 aromatic heterocycles. The Morgan fingerprint density at radius 1 is 1.20 bits per heavy atom. The molecule has 0 aliphatic heterocycles. The molecule has 11 heteroatoms. The van der Waals surface area contributed by atoms with Crippen molar-refractivity contribution in [2.45, 2.75) is 12.5 Å². The van der Waals surface area contributed by atoms with E-state index in [1.165, 1.54) is 0 Å². The fourth-order valence-electron chi connectivity index (χ4n) is 1.16. The molecule has 0 spiro atoms. The molecular formula is C9H18N4O6S. The lowest BCUT2D eigenvalue weighted by atomic mass is 10.2. The van der Waals surface area contributed by atoms with Crippen LogP contribution in [0.3, 0.4) is 0 Å². The van der Waals surface area contributed by atoms with E-state index in [0.29, 0.717) is 0 Å². The smallest absolute Gasteiger partial charge is 0.326 e. The number of carboxylic acids is 1. The summed E-state index contributed by atoms with van der Waals surface area (Å²) in [6.45, 7) is 0.136. The Hall–Kier alpha value is -2.04. The average Bonchev–Trinajstić information content (AvgIpc) is 2.28. The van der Waals surface area contributed by atoms with E-state index in [-0.39, 0.29) is 25.3 Å². The van der Waals surface area contributed by atoms with Crippen LogP contribution >= 0.6 is 0 Å². The van der Waals surface area contributed by atoms with E-state index >= 15 is 0 Å². The number of hydrogen-bond donors (Lipinski definition) is 5. The van der Waals surface area contributed by atoms with Crippen LogP contribution in [0, 0.1) is 0 Å². The lowest BCUT2D eigenvalue weighted by Crippen LogP contribution is -2.48. The maximum atomic E-state index is 11.3. The third-order valence-corrected chi connectivity index (χ3v) is 3.07. The van der Waals surface area contributed by atoms with Crippen LogP contribution in [0.2, 0.25) is 0 Å². The number of hydrogen-bond acceptors (Lipinski definition) is 5. The maximum absolute atomic E-state index is 11.3. The lowest BCUT2D eigenvalue weighted by molar-refractivity contribution is -0.139. The molecule has 0 aliphatic rings. The van der Waals surface area contributed by atoms with E-state index in [2.05, 4.69) is 16.0 Å². The number of amides is 4. The van der Waals surface area contributed by atoms with Gasteiger partial charge in [-0.15, -0.1) is 0 Å². The summed E-state index contributed by atoms with van der Waals surface area (Å²) in [5.74, 6) is -1.69. The van der Waals surface area contributed by atoms with Crippen LogP contribution in [0.25, 0.3) is 0 Å². The van der Waals surface area contributed by atoms with Crippen LogP contribution in [0.4, 0.5) is 9.59 Å². The van der Waals surface area contributed by atoms with Crippen LogP contribution in [0.15, 0.2) is 0 Å². The summed E-state index contributed by atoms with van der Waals surface area (Å²) in [7, 11) is -3.32. The number of primary amides is 1. The van der Waals surface area contributed by atoms with E-state index in [1.807, 2.05) is 0 Å². The first-order valence-electron chi connectivity index (χ1n) is 5.60. The molecule has 0 rings (SSSR count). The van der Waals surface area contributed by atoms with Gasteiger partial charge in [0.05, 0.1) is 5.75 Å². The Morgan fingerprint density at radius 3 is 2.20 bits per heavy atom. The van der Waals surface area contributed by atoms with Gasteiger partial charge < -0.3 is 26.8 Å². The second kappa shape index (κ2) is 8.19. The van der Waals surface area contributed by atoms with E-state index in [4.69, 9.17) is 10.8 Å². The summed E-state index contributed by atoms with van der Waals surface area (Å²) < 4.78 is 21.9. The molecular weight excluding hydrogens is 292 g/mol. The summed E-state index contributed by atoms with van der Waals surface area (Å²) in [5, 5.41) is 15.5. The molecule has 4 amide bonds. The number of aliphatic carboxylic acids is 1. The Kier molecular flexibility index (Phi) is 7.36. The van der Waals surface area contributed by atoms with Crippen LogP contribution in [0.5, 0.6) is 0 Å². The monoisotopic (exact) mass is 310 g/mol. The molecule has 0 aromatic carbocycles. The minimum absolute atomic E-state index is 0.0488. The molecule has 10 nitrogen and oxygen atoms in total. The van der Waals surface area contributed by atoms with E-state index in [9.17, 15) is 22.8 Å². The first-order valence-corrected chi connectivity index (χ1v) is 7.66. The Balaban J connectivity index is 4.15. The van der Waals surface area contributed by atoms with Crippen LogP contribution in [-0.4, -0.2) is 62.7 Å². The van der Waals surface area contributed by atoms with Gasteiger partial charge in [-0.05, 0) is 6.42 Å². The number of rotatable bonds is 8. The first kappa shape index (κ1) is 18.0. The van der Waals surface area contributed by atoms with Gasteiger partial charge in [0.2, 0.25) is 0 Å². The number of carboxylic acid groups (broad SMARTS) is 1. The number of urea groups is 2. The highest BCUT2D eigenvalue weighted by molar-refractivity contribution is 7.90. The largest absolute Gasteiger partial charge is 0.480 e. The predicted molar refractivity (Wildman–Crippen MR) is 69.9 cm³/mol. The fourth-order valence-corrected chi connectivity index (χ4v) is 1.82. The Morgan fingerprint density at radius 2 is 1.75 bits per heavy atom. The molecule has 0 heterocycles. The zero-order valence-electron chi connectivity index (χ0n) is 10.9. The molecule has 1 unspecified atom stereocenters. The summed E-state index contributed by atoms with van der Waals surface area (Å²) in [4.78, 5) is 32.5. The molecule has 0 fully saturated rings. The van der Waals surface area contributed by atoms with Gasteiger partial charge in [0.1, 0.15) is 15.9 Å². The van der Waals surface area contributed by atoms with E-state index in [0.717, 1.165) is 6.26 Å². The molecule has 0 radical (unpaired) electrons. The molecule has 116 valence electrons. The standard InChI is InChI=1S/C9H18N4O6S/c1-20(18,19)5-2-6(7(14)15)13-9(17)12-4-3-11-8(10)16/h6H,2-5H2,1H3,(H,14,15)(H3,10,11,16)(H2,12,13,17). The quantitative estimate of drug-likeness (QED) is 0.320. The van der Waals surface area contributed by atoms with Crippen LogP contribution in [-0.2, 0) is 14.6 Å². The molecule has 0 bridgehead atoms. The van der Waals surface area contributed by atoms with Crippen molar-refractivity contribution in [3.63, 3.8) is 0 Å². The normalized spacial score (nSPS) is 12.2. The summed E-state index contributed by atoms with van der Waals surface area (Å²) in [5.41, 5.74) is 4.80. The van der Waals surface area contributed by atoms with E-state index in [1.54, 1.807) is 0 Å². The van der Waals surface area contributed by atoms with Crippen molar-refractivity contribution in [1.29, 1.82) is 0 Å². The number of carbonyl (C=O) groups excluding carboxylic acids is 2. The lowest BCUT2D eigenvalue weighted by Gasteiger charge is -2.14. The average molecular weight is 310 g/mol. The minimum atomic E-state index is -3.32. The van der Waals surface area contributed by atoms with Crippen LogP contribution in [0.1, 0.15) is 6.42 Å². The van der Waals surface area contributed by atoms with Crippen molar-refractivity contribution in [2.24, 2.45) is 5.73 Å². The molecule has 6 N–H and O–H groups in total. The fraction of sp³-hybridized carbons (Fsp3) is 0.667. The van der Waals surface area contributed by atoms with Gasteiger partial charge in [-0.25, -0.2) is 22.8 Å². The highest BCUT2D eigenvalue weighted by Crippen LogP contribution is 1.97. The second-order valence-corrected chi connectivity index (χ2v) is 6.26. The van der Waals surface area contributed by atoms with Crippen molar-refractivity contribution in [3.05, 3.63) is 0 Å². The summed E-state index contributed by atoms with van der Waals surface area (Å²) >= 11 is 0. The molecule has 1 atom stereocenters. The Labute approximate surface area is 116 Å². The first-order chi connectivity index (χ1) is 9.11. The SMILES string of the molecule is CS(=O)(=O)CCC(NC(=O)NCCNC(N)=O)C(=O)O. The van der Waals surface area contributed by atoms with Gasteiger partial charge in [-0.1, -0.05) is 0 Å². The van der Waals surface area contributed by atoms with Gasteiger partial charge in [0.15, 0.2) is 0 Å². The van der Waals surface area contributed by atoms with Gasteiger partial charge in [-0.2, -0.15) is 0 Å². The second-order valence-electron chi connectivity index (χ2n) is 4.00. The Bertz CT molecular complexity index is 463. The summed E-state index contributed by atoms with van der Waals surface area (Å²) in [6, 6.07) is -2.84. The number of nitrogens with two attached hydrogens (primary N) is 1. The summed E-state index contributed by atoms with van der Waals surface area (Å²) in [6.07, 6.45) is 0.739. The maximum Gasteiger partial charge on any atom is 0.326 e. The topological polar surface area (TPSA) is 168 Å². The zero-order chi connectivity index (χ0) is 15.8. The van der Waals surface area contributed by atoms with E-state index < -0.39 is 33.9 Å². The highest BCUT2D eigenvalue weighted by Gasteiger charge is 2.21. The predicted octanol–water partition coefficient (Wildman–Crippen LogP) is -2.16. The molecule has 20 heavy (non-hydrogen) atoms.